The van der Waals surface area contributed by atoms with E-state index in [1.807, 2.05) is 59.5 Å². The van der Waals surface area contributed by atoms with Crippen molar-refractivity contribution in [3.05, 3.63) is 65.7 Å². The summed E-state index contributed by atoms with van der Waals surface area (Å²) in [7, 11) is 0. The predicted molar refractivity (Wildman–Crippen MR) is 102 cm³/mol. The van der Waals surface area contributed by atoms with Crippen LogP contribution in [-0.4, -0.2) is 30.4 Å². The molecule has 0 bridgehead atoms. The van der Waals surface area contributed by atoms with Crippen molar-refractivity contribution in [1.29, 1.82) is 0 Å². The molecule has 0 aliphatic carbocycles. The molecule has 1 amide bonds. The van der Waals surface area contributed by atoms with Gasteiger partial charge in [0.15, 0.2) is 0 Å². The number of piperidine rings is 1. The highest BCUT2D eigenvalue weighted by atomic mass is 16.2. The number of carbonyl (C=O) groups is 1. The third-order valence-corrected chi connectivity index (χ3v) is 4.44. The van der Waals surface area contributed by atoms with Crippen molar-refractivity contribution in [2.75, 3.05) is 25.0 Å². The minimum Gasteiger partial charge on any atom is -0.376 e. The highest BCUT2D eigenvalue weighted by Crippen LogP contribution is 2.16. The Morgan fingerprint density at radius 2 is 1.88 bits per heavy atom. The van der Waals surface area contributed by atoms with Gasteiger partial charge in [-0.05, 0) is 49.1 Å². The van der Waals surface area contributed by atoms with Gasteiger partial charge >= 0.3 is 0 Å². The number of nitrogens with zero attached hydrogens (tertiary/aromatic N) is 1. The third kappa shape index (κ3) is 5.12. The van der Waals surface area contributed by atoms with Crippen LogP contribution in [0.15, 0.2) is 54.6 Å². The number of rotatable bonds is 3. The molecule has 2 aromatic rings. The van der Waals surface area contributed by atoms with Gasteiger partial charge in [-0.3, -0.25) is 4.79 Å². The minimum absolute atomic E-state index is 0.173. The zero-order valence-corrected chi connectivity index (χ0v) is 14.7. The molecule has 0 aromatic heterocycles. The summed E-state index contributed by atoms with van der Waals surface area (Å²) in [4.78, 5) is 14.3. The van der Waals surface area contributed by atoms with Crippen LogP contribution in [0.1, 0.15) is 30.9 Å². The van der Waals surface area contributed by atoms with Gasteiger partial charge in [-0.15, -0.1) is 0 Å². The van der Waals surface area contributed by atoms with Crippen molar-refractivity contribution in [2.45, 2.75) is 19.8 Å². The van der Waals surface area contributed by atoms with E-state index < -0.39 is 0 Å². The molecular formula is C22H24N2O. The number of hydrogen-bond acceptors (Lipinski definition) is 2. The molecule has 3 nitrogen and oxygen atoms in total. The van der Waals surface area contributed by atoms with E-state index in [0.717, 1.165) is 36.3 Å². The van der Waals surface area contributed by atoms with E-state index >= 15 is 0 Å². The molecule has 1 N–H and O–H groups in total. The van der Waals surface area contributed by atoms with Gasteiger partial charge in [-0.2, -0.15) is 0 Å². The third-order valence-electron chi connectivity index (χ3n) is 4.44. The molecule has 1 saturated heterocycles. The number of nitrogens with one attached hydrogen (secondary N) is 1. The van der Waals surface area contributed by atoms with Crippen LogP contribution < -0.4 is 5.32 Å². The number of hydrogen-bond donors (Lipinski definition) is 1. The van der Waals surface area contributed by atoms with Gasteiger partial charge in [0.1, 0.15) is 0 Å². The molecule has 0 radical (unpaired) electrons. The Hall–Kier alpha value is -2.73. The van der Waals surface area contributed by atoms with E-state index in [1.165, 1.54) is 6.42 Å². The van der Waals surface area contributed by atoms with Crippen LogP contribution >= 0.6 is 0 Å². The standard InChI is InChI=1S/C22H24N2O/c1-18-7-6-14-24(17-18)22(25)16-23-21-11-5-10-20(15-21)13-12-19-8-3-2-4-9-19/h2-5,8-11,15,18,23H,6-7,14,16-17H2,1H3. The van der Waals surface area contributed by atoms with E-state index in [-0.39, 0.29) is 5.91 Å². The maximum absolute atomic E-state index is 12.3. The van der Waals surface area contributed by atoms with Crippen LogP contribution in [0.4, 0.5) is 5.69 Å². The lowest BCUT2D eigenvalue weighted by Gasteiger charge is -2.31. The van der Waals surface area contributed by atoms with E-state index in [4.69, 9.17) is 0 Å². The minimum atomic E-state index is 0.173. The van der Waals surface area contributed by atoms with Crippen LogP contribution in [0.2, 0.25) is 0 Å². The molecule has 1 heterocycles. The second-order valence-corrected chi connectivity index (χ2v) is 6.64. The molecule has 3 rings (SSSR count). The summed E-state index contributed by atoms with van der Waals surface area (Å²) >= 11 is 0. The Kier molecular flexibility index (Phi) is 5.74. The first-order valence-corrected chi connectivity index (χ1v) is 8.89. The van der Waals surface area contributed by atoms with Crippen molar-refractivity contribution in [1.82, 2.24) is 4.90 Å². The largest absolute Gasteiger partial charge is 0.376 e. The number of amides is 1. The Labute approximate surface area is 150 Å². The van der Waals surface area contributed by atoms with Crippen LogP contribution in [0.5, 0.6) is 0 Å². The quantitative estimate of drug-likeness (QED) is 0.868. The van der Waals surface area contributed by atoms with Gasteiger partial charge in [0, 0.05) is 29.9 Å². The Bertz CT molecular complexity index is 773. The fraction of sp³-hybridized carbons (Fsp3) is 0.318. The lowest BCUT2D eigenvalue weighted by Crippen LogP contribution is -2.41. The summed E-state index contributed by atoms with van der Waals surface area (Å²) in [5.41, 5.74) is 2.86. The molecule has 1 atom stereocenters. The summed E-state index contributed by atoms with van der Waals surface area (Å²) in [5, 5.41) is 3.24. The maximum atomic E-state index is 12.3. The highest BCUT2D eigenvalue weighted by Gasteiger charge is 2.20. The number of anilines is 1. The van der Waals surface area contributed by atoms with Crippen molar-refractivity contribution >= 4 is 11.6 Å². The normalized spacial score (nSPS) is 16.7. The molecule has 2 aromatic carbocycles. The first-order chi connectivity index (χ1) is 12.2. The van der Waals surface area contributed by atoms with Gasteiger partial charge in [0.05, 0.1) is 6.54 Å². The van der Waals surface area contributed by atoms with Gasteiger partial charge in [0.2, 0.25) is 5.91 Å². The average molecular weight is 332 g/mol. The second kappa shape index (κ2) is 8.39. The number of likely N-dealkylation sites (tertiary alicyclic amines) is 1. The van der Waals surface area contributed by atoms with E-state index in [2.05, 4.69) is 24.1 Å². The highest BCUT2D eigenvalue weighted by molar-refractivity contribution is 5.81. The summed E-state index contributed by atoms with van der Waals surface area (Å²) in [6.07, 6.45) is 2.33. The summed E-state index contributed by atoms with van der Waals surface area (Å²) in [5.74, 6) is 7.11. The molecule has 25 heavy (non-hydrogen) atoms. The predicted octanol–water partition coefficient (Wildman–Crippen LogP) is 3.76. The summed E-state index contributed by atoms with van der Waals surface area (Å²) in [6.45, 7) is 4.31. The lowest BCUT2D eigenvalue weighted by molar-refractivity contribution is -0.130. The zero-order valence-electron chi connectivity index (χ0n) is 14.7. The van der Waals surface area contributed by atoms with Crippen LogP contribution in [0.3, 0.4) is 0 Å². The Balaban J connectivity index is 1.58. The van der Waals surface area contributed by atoms with E-state index in [9.17, 15) is 4.79 Å². The van der Waals surface area contributed by atoms with Gasteiger partial charge in [0.25, 0.3) is 0 Å². The number of benzene rings is 2. The maximum Gasteiger partial charge on any atom is 0.241 e. The SMILES string of the molecule is CC1CCCN(C(=O)CNc2cccc(C#Cc3ccccc3)c2)C1. The van der Waals surface area contributed by atoms with E-state index in [0.29, 0.717) is 12.5 Å². The molecule has 1 fully saturated rings. The van der Waals surface area contributed by atoms with Crippen molar-refractivity contribution in [3.63, 3.8) is 0 Å². The molecule has 0 spiro atoms. The molecule has 0 saturated carbocycles. The van der Waals surface area contributed by atoms with Gasteiger partial charge < -0.3 is 10.2 Å². The van der Waals surface area contributed by atoms with Crippen LogP contribution in [-0.2, 0) is 4.79 Å². The first-order valence-electron chi connectivity index (χ1n) is 8.89. The molecule has 3 heteroatoms. The number of carbonyl (C=O) groups excluding carboxylic acids is 1. The van der Waals surface area contributed by atoms with Crippen molar-refractivity contribution < 1.29 is 4.79 Å². The topological polar surface area (TPSA) is 32.3 Å². The first kappa shape index (κ1) is 17.1. The summed E-state index contributed by atoms with van der Waals surface area (Å²) < 4.78 is 0. The molecule has 128 valence electrons. The molecular weight excluding hydrogens is 308 g/mol. The van der Waals surface area contributed by atoms with Gasteiger partial charge in [-0.1, -0.05) is 43.0 Å². The fourth-order valence-corrected chi connectivity index (χ4v) is 3.08. The average Bonchev–Trinajstić information content (AvgIpc) is 2.66. The second-order valence-electron chi connectivity index (χ2n) is 6.64. The smallest absolute Gasteiger partial charge is 0.241 e. The lowest BCUT2D eigenvalue weighted by atomic mass is 10.0. The van der Waals surface area contributed by atoms with Gasteiger partial charge in [-0.25, -0.2) is 0 Å². The van der Waals surface area contributed by atoms with Crippen molar-refractivity contribution in [3.8, 4) is 11.8 Å². The van der Waals surface area contributed by atoms with Crippen LogP contribution in [0.25, 0.3) is 0 Å². The fourth-order valence-electron chi connectivity index (χ4n) is 3.08. The van der Waals surface area contributed by atoms with Crippen LogP contribution in [0, 0.1) is 17.8 Å². The molecule has 1 unspecified atom stereocenters. The Morgan fingerprint density at radius 3 is 2.68 bits per heavy atom. The zero-order chi connectivity index (χ0) is 17.5. The van der Waals surface area contributed by atoms with Crippen molar-refractivity contribution in [2.24, 2.45) is 5.92 Å². The molecule has 1 aliphatic heterocycles. The summed E-state index contributed by atoms with van der Waals surface area (Å²) in [6, 6.07) is 17.8. The van der Waals surface area contributed by atoms with E-state index in [1.54, 1.807) is 0 Å². The monoisotopic (exact) mass is 332 g/mol. The Morgan fingerprint density at radius 1 is 1.12 bits per heavy atom. The molecule has 1 aliphatic rings.